The number of carbonyl (C=O) groups is 2. The van der Waals surface area contributed by atoms with Crippen LogP contribution in [0.4, 0.5) is 5.13 Å². The third kappa shape index (κ3) is 3.31. The Kier molecular flexibility index (Phi) is 4.34. The van der Waals surface area contributed by atoms with E-state index in [1.54, 1.807) is 5.38 Å². The van der Waals surface area contributed by atoms with Gasteiger partial charge in [-0.2, -0.15) is 0 Å². The van der Waals surface area contributed by atoms with E-state index in [1.165, 1.54) is 11.3 Å². The van der Waals surface area contributed by atoms with E-state index in [9.17, 15) is 9.59 Å². The molecule has 14 heavy (non-hydrogen) atoms. The maximum absolute atomic E-state index is 10.8. The van der Waals surface area contributed by atoms with Crippen molar-refractivity contribution in [1.82, 2.24) is 4.98 Å². The molecule has 0 saturated carbocycles. The summed E-state index contributed by atoms with van der Waals surface area (Å²) in [5.41, 5.74) is 0.590. The molecule has 0 fully saturated rings. The Labute approximate surface area is 89.0 Å². The van der Waals surface area contributed by atoms with Crippen molar-refractivity contribution in [3.05, 3.63) is 11.1 Å². The van der Waals surface area contributed by atoms with Gasteiger partial charge in [0, 0.05) is 5.38 Å². The standard InChI is InChI=1S/C7H7ClN2O3S/c8-1-6(12)10-7-9-5(3-14-7)2-13-4-11/h3-4H,1-2H2,(H,9,10,12). The molecule has 0 aliphatic rings. The number of hydrogen-bond acceptors (Lipinski definition) is 5. The van der Waals surface area contributed by atoms with Crippen LogP contribution < -0.4 is 5.32 Å². The molecule has 1 heterocycles. The fraction of sp³-hybridized carbons (Fsp3) is 0.286. The van der Waals surface area contributed by atoms with Gasteiger partial charge in [0.05, 0.1) is 5.69 Å². The quantitative estimate of drug-likeness (QED) is 0.610. The predicted octanol–water partition coefficient (Wildman–Crippen LogP) is 0.993. The Bertz CT molecular complexity index is 328. The molecule has 0 atom stereocenters. The third-order valence-electron chi connectivity index (χ3n) is 1.22. The van der Waals surface area contributed by atoms with Crippen LogP contribution in [0.2, 0.25) is 0 Å². The van der Waals surface area contributed by atoms with Gasteiger partial charge in [0.1, 0.15) is 12.5 Å². The van der Waals surface area contributed by atoms with Gasteiger partial charge in [-0.05, 0) is 0 Å². The van der Waals surface area contributed by atoms with Gasteiger partial charge in [-0.1, -0.05) is 0 Å². The summed E-state index contributed by atoms with van der Waals surface area (Å²) in [5, 5.41) is 4.61. The zero-order valence-corrected chi connectivity index (χ0v) is 8.60. The number of alkyl halides is 1. The summed E-state index contributed by atoms with van der Waals surface area (Å²) in [6, 6.07) is 0. The molecule has 1 rings (SSSR count). The van der Waals surface area contributed by atoms with Crippen molar-refractivity contribution in [3.63, 3.8) is 0 Å². The third-order valence-corrected chi connectivity index (χ3v) is 2.27. The van der Waals surface area contributed by atoms with Gasteiger partial charge >= 0.3 is 0 Å². The van der Waals surface area contributed by atoms with Crippen molar-refractivity contribution in [2.75, 3.05) is 11.2 Å². The first-order chi connectivity index (χ1) is 6.76. The highest BCUT2D eigenvalue weighted by atomic mass is 35.5. The number of rotatable bonds is 5. The first kappa shape index (κ1) is 10.9. The first-order valence-electron chi connectivity index (χ1n) is 3.61. The van der Waals surface area contributed by atoms with E-state index < -0.39 is 0 Å². The highest BCUT2D eigenvalue weighted by Crippen LogP contribution is 2.15. The largest absolute Gasteiger partial charge is 0.461 e. The van der Waals surface area contributed by atoms with E-state index in [2.05, 4.69) is 15.0 Å². The molecule has 0 radical (unpaired) electrons. The highest BCUT2D eigenvalue weighted by Gasteiger charge is 2.05. The highest BCUT2D eigenvalue weighted by molar-refractivity contribution is 7.13. The molecule has 0 saturated heterocycles. The zero-order chi connectivity index (χ0) is 10.4. The maximum Gasteiger partial charge on any atom is 0.293 e. The number of aromatic nitrogens is 1. The molecule has 0 spiro atoms. The van der Waals surface area contributed by atoms with Gasteiger partial charge in [-0.25, -0.2) is 4.98 Å². The molecule has 0 bridgehead atoms. The minimum absolute atomic E-state index is 0.108. The predicted molar refractivity (Wildman–Crippen MR) is 52.3 cm³/mol. The molecule has 0 aliphatic carbocycles. The molecule has 1 aromatic rings. The van der Waals surface area contributed by atoms with Crippen LogP contribution in [-0.4, -0.2) is 23.2 Å². The first-order valence-corrected chi connectivity index (χ1v) is 5.03. The average molecular weight is 235 g/mol. The topological polar surface area (TPSA) is 68.3 Å². The van der Waals surface area contributed by atoms with Gasteiger partial charge < -0.3 is 10.1 Å². The molecule has 7 heteroatoms. The van der Waals surface area contributed by atoms with E-state index in [1.807, 2.05) is 0 Å². The Morgan fingerprint density at radius 3 is 3.21 bits per heavy atom. The fourth-order valence-corrected chi connectivity index (χ4v) is 1.48. The van der Waals surface area contributed by atoms with Crippen LogP contribution in [0.5, 0.6) is 0 Å². The Morgan fingerprint density at radius 2 is 2.57 bits per heavy atom. The molecule has 1 N–H and O–H groups in total. The van der Waals surface area contributed by atoms with E-state index in [-0.39, 0.29) is 18.4 Å². The van der Waals surface area contributed by atoms with E-state index in [0.29, 0.717) is 17.3 Å². The lowest BCUT2D eigenvalue weighted by atomic mass is 10.5. The minimum atomic E-state index is -0.316. The smallest absolute Gasteiger partial charge is 0.293 e. The van der Waals surface area contributed by atoms with E-state index in [4.69, 9.17) is 11.6 Å². The number of thiazole rings is 1. The van der Waals surface area contributed by atoms with Crippen LogP contribution in [0.3, 0.4) is 0 Å². The Balaban J connectivity index is 2.50. The molecule has 1 amide bonds. The van der Waals surface area contributed by atoms with Gasteiger partial charge in [0.25, 0.3) is 6.47 Å². The monoisotopic (exact) mass is 234 g/mol. The lowest BCUT2D eigenvalue weighted by molar-refractivity contribution is -0.129. The van der Waals surface area contributed by atoms with E-state index >= 15 is 0 Å². The molecule has 76 valence electrons. The van der Waals surface area contributed by atoms with Crippen molar-refractivity contribution in [1.29, 1.82) is 0 Å². The summed E-state index contributed by atoms with van der Waals surface area (Å²) in [6.45, 7) is 0.451. The normalized spacial score (nSPS) is 9.50. The van der Waals surface area contributed by atoms with Crippen molar-refractivity contribution in [3.8, 4) is 0 Å². The van der Waals surface area contributed by atoms with Crippen LogP contribution in [0, 0.1) is 0 Å². The zero-order valence-electron chi connectivity index (χ0n) is 7.03. The fourth-order valence-electron chi connectivity index (χ4n) is 0.703. The number of halogens is 1. The summed E-state index contributed by atoms with van der Waals surface area (Å²) >= 11 is 6.53. The van der Waals surface area contributed by atoms with Crippen LogP contribution in [0.15, 0.2) is 5.38 Å². The number of amides is 1. The number of anilines is 1. The molecular weight excluding hydrogens is 228 g/mol. The lowest BCUT2D eigenvalue weighted by Crippen LogP contribution is -2.12. The summed E-state index contributed by atoms with van der Waals surface area (Å²) in [7, 11) is 0. The summed E-state index contributed by atoms with van der Waals surface area (Å²) < 4.78 is 4.49. The van der Waals surface area contributed by atoms with Gasteiger partial charge in [0.2, 0.25) is 5.91 Å². The second-order valence-electron chi connectivity index (χ2n) is 2.23. The number of nitrogens with zero attached hydrogens (tertiary/aromatic N) is 1. The molecule has 0 aliphatic heterocycles. The summed E-state index contributed by atoms with van der Waals surface area (Å²) in [6.07, 6.45) is 0. The van der Waals surface area contributed by atoms with Gasteiger partial charge in [0.15, 0.2) is 5.13 Å². The van der Waals surface area contributed by atoms with Crippen LogP contribution >= 0.6 is 22.9 Å². The van der Waals surface area contributed by atoms with Crippen molar-refractivity contribution < 1.29 is 14.3 Å². The number of nitrogens with one attached hydrogen (secondary N) is 1. The number of carbonyl (C=O) groups excluding carboxylic acids is 2. The van der Waals surface area contributed by atoms with Crippen LogP contribution in [0.1, 0.15) is 5.69 Å². The second-order valence-corrected chi connectivity index (χ2v) is 3.36. The second kappa shape index (κ2) is 5.56. The Hall–Kier alpha value is -1.14. The Morgan fingerprint density at radius 1 is 1.79 bits per heavy atom. The van der Waals surface area contributed by atoms with Crippen molar-refractivity contribution in [2.24, 2.45) is 0 Å². The SMILES string of the molecule is O=COCc1csc(NC(=O)CCl)n1. The average Bonchev–Trinajstić information content (AvgIpc) is 2.62. The molecule has 5 nitrogen and oxygen atoms in total. The van der Waals surface area contributed by atoms with Crippen molar-refractivity contribution >= 4 is 40.4 Å². The number of hydrogen-bond donors (Lipinski definition) is 1. The molecule has 0 unspecified atom stereocenters. The molecule has 0 aromatic carbocycles. The minimum Gasteiger partial charge on any atom is -0.461 e. The van der Waals surface area contributed by atoms with E-state index in [0.717, 1.165) is 0 Å². The maximum atomic E-state index is 10.8. The summed E-state index contributed by atoms with van der Waals surface area (Å²) in [5.74, 6) is -0.427. The van der Waals surface area contributed by atoms with Gasteiger partial charge in [-0.3, -0.25) is 9.59 Å². The van der Waals surface area contributed by atoms with Crippen LogP contribution in [-0.2, 0) is 20.9 Å². The van der Waals surface area contributed by atoms with Gasteiger partial charge in [-0.15, -0.1) is 22.9 Å². The van der Waals surface area contributed by atoms with Crippen LogP contribution in [0.25, 0.3) is 0 Å². The number of ether oxygens (including phenoxy) is 1. The lowest BCUT2D eigenvalue weighted by Gasteiger charge is -1.95. The summed E-state index contributed by atoms with van der Waals surface area (Å²) in [4.78, 5) is 24.7. The van der Waals surface area contributed by atoms with Crippen molar-refractivity contribution in [2.45, 2.75) is 6.61 Å². The molecule has 1 aromatic heterocycles. The molecular formula is C7H7ClN2O3S.